The number of nitrogens with one attached hydrogen (secondary N) is 1. The van der Waals surface area contributed by atoms with Gasteiger partial charge in [0.1, 0.15) is 0 Å². The third-order valence-corrected chi connectivity index (χ3v) is 5.41. The number of carbonyl (C=O) groups is 1. The molecular formula is C25H28N6O. The van der Waals surface area contributed by atoms with Crippen molar-refractivity contribution in [2.24, 2.45) is 5.92 Å². The average Bonchev–Trinajstić information content (AvgIpc) is 3.20. The maximum absolute atomic E-state index is 13.1. The van der Waals surface area contributed by atoms with Crippen molar-refractivity contribution in [2.75, 3.05) is 0 Å². The Kier molecular flexibility index (Phi) is 6.25. The maximum atomic E-state index is 13.1. The zero-order chi connectivity index (χ0) is 22.7. The molecule has 4 rings (SSSR count). The second kappa shape index (κ2) is 9.26. The summed E-state index contributed by atoms with van der Waals surface area (Å²) >= 11 is 0. The molecule has 0 aliphatic carbocycles. The van der Waals surface area contributed by atoms with E-state index in [-0.39, 0.29) is 5.91 Å². The molecule has 1 N–H and O–H groups in total. The van der Waals surface area contributed by atoms with Gasteiger partial charge in [-0.05, 0) is 62.1 Å². The molecule has 32 heavy (non-hydrogen) atoms. The normalized spacial score (nSPS) is 11.3. The Morgan fingerprint density at radius 2 is 1.91 bits per heavy atom. The number of rotatable bonds is 7. The predicted molar refractivity (Wildman–Crippen MR) is 125 cm³/mol. The summed E-state index contributed by atoms with van der Waals surface area (Å²) in [5.41, 5.74) is 5.88. The van der Waals surface area contributed by atoms with Crippen molar-refractivity contribution >= 4 is 16.8 Å². The first-order chi connectivity index (χ1) is 15.4. The molecule has 0 spiro atoms. The summed E-state index contributed by atoms with van der Waals surface area (Å²) in [4.78, 5) is 17.7. The van der Waals surface area contributed by atoms with Crippen LogP contribution in [0.5, 0.6) is 0 Å². The number of aromatic nitrogens is 5. The third-order valence-electron chi connectivity index (χ3n) is 5.41. The van der Waals surface area contributed by atoms with Gasteiger partial charge in [-0.3, -0.25) is 14.5 Å². The summed E-state index contributed by atoms with van der Waals surface area (Å²) in [6.45, 7) is 9.39. The second-order valence-corrected chi connectivity index (χ2v) is 8.58. The smallest absolute Gasteiger partial charge is 0.251 e. The second-order valence-electron chi connectivity index (χ2n) is 8.58. The standard InChI is InChI=1S/C25H28N6O/c1-16(2)9-10-31-24-12-19(25(32)27-14-20-7-6-18(4)29-30-20)11-21(22(24)15-28-31)23-8-5-17(3)13-26-23/h5-8,11-13,15-16H,9-10,14H2,1-4H3,(H,27,32). The fourth-order valence-electron chi connectivity index (χ4n) is 3.50. The predicted octanol–water partition coefficient (Wildman–Crippen LogP) is 4.48. The van der Waals surface area contributed by atoms with E-state index in [0.717, 1.165) is 46.4 Å². The summed E-state index contributed by atoms with van der Waals surface area (Å²) in [5, 5.41) is 16.7. The summed E-state index contributed by atoms with van der Waals surface area (Å²) in [6, 6.07) is 11.6. The minimum absolute atomic E-state index is 0.167. The lowest BCUT2D eigenvalue weighted by atomic mass is 10.0. The number of fused-ring (bicyclic) bond motifs is 1. The van der Waals surface area contributed by atoms with Gasteiger partial charge in [0.2, 0.25) is 0 Å². The summed E-state index contributed by atoms with van der Waals surface area (Å²) in [7, 11) is 0. The lowest BCUT2D eigenvalue weighted by molar-refractivity contribution is 0.0950. The molecule has 7 nitrogen and oxygen atoms in total. The van der Waals surface area contributed by atoms with Crippen LogP contribution in [0.25, 0.3) is 22.2 Å². The Balaban J connectivity index is 1.70. The maximum Gasteiger partial charge on any atom is 0.251 e. The number of aryl methyl sites for hydroxylation is 3. The van der Waals surface area contributed by atoms with Crippen LogP contribution in [0.2, 0.25) is 0 Å². The summed E-state index contributed by atoms with van der Waals surface area (Å²) in [5.74, 6) is 0.397. The number of amides is 1. The highest BCUT2D eigenvalue weighted by Crippen LogP contribution is 2.29. The van der Waals surface area contributed by atoms with Gasteiger partial charge in [0.25, 0.3) is 5.91 Å². The number of pyridine rings is 1. The Hall–Kier alpha value is -3.61. The fourth-order valence-corrected chi connectivity index (χ4v) is 3.50. The number of nitrogens with zero attached hydrogens (tertiary/aromatic N) is 5. The molecule has 1 aromatic carbocycles. The van der Waals surface area contributed by atoms with Crippen molar-refractivity contribution < 1.29 is 4.79 Å². The Labute approximate surface area is 187 Å². The van der Waals surface area contributed by atoms with Crippen LogP contribution in [0.15, 0.2) is 48.8 Å². The molecule has 0 saturated heterocycles. The zero-order valence-corrected chi connectivity index (χ0v) is 19.0. The molecule has 0 radical (unpaired) electrons. The van der Waals surface area contributed by atoms with Gasteiger partial charge in [0.15, 0.2) is 0 Å². The first-order valence-electron chi connectivity index (χ1n) is 10.9. The molecule has 7 heteroatoms. The quantitative estimate of drug-likeness (QED) is 0.469. The van der Waals surface area contributed by atoms with Crippen LogP contribution in [0.4, 0.5) is 0 Å². The molecule has 0 atom stereocenters. The number of benzene rings is 1. The van der Waals surface area contributed by atoms with Gasteiger partial charge in [-0.15, -0.1) is 0 Å². The van der Waals surface area contributed by atoms with E-state index in [0.29, 0.717) is 23.7 Å². The monoisotopic (exact) mass is 428 g/mol. The van der Waals surface area contributed by atoms with E-state index in [9.17, 15) is 4.79 Å². The largest absolute Gasteiger partial charge is 0.346 e. The van der Waals surface area contributed by atoms with Crippen molar-refractivity contribution in [3.8, 4) is 11.3 Å². The van der Waals surface area contributed by atoms with Crippen LogP contribution in [-0.2, 0) is 13.1 Å². The topological polar surface area (TPSA) is 85.6 Å². The Morgan fingerprint density at radius 3 is 2.59 bits per heavy atom. The molecule has 0 saturated carbocycles. The average molecular weight is 429 g/mol. The van der Waals surface area contributed by atoms with Gasteiger partial charge in [0, 0.05) is 29.3 Å². The van der Waals surface area contributed by atoms with Crippen molar-refractivity contribution in [3.63, 3.8) is 0 Å². The fraction of sp³-hybridized carbons (Fsp3) is 0.320. The van der Waals surface area contributed by atoms with Crippen LogP contribution in [0.1, 0.15) is 47.6 Å². The number of hydrogen-bond donors (Lipinski definition) is 1. The molecule has 164 valence electrons. The van der Waals surface area contributed by atoms with E-state index in [1.165, 1.54) is 0 Å². The Bertz CT molecular complexity index is 1230. The minimum Gasteiger partial charge on any atom is -0.346 e. The summed E-state index contributed by atoms with van der Waals surface area (Å²) in [6.07, 6.45) is 4.72. The minimum atomic E-state index is -0.167. The molecule has 4 aromatic rings. The molecular weight excluding hydrogens is 400 g/mol. The van der Waals surface area contributed by atoms with Crippen LogP contribution in [0.3, 0.4) is 0 Å². The molecule has 3 heterocycles. The number of carbonyl (C=O) groups excluding carboxylic acids is 1. The van der Waals surface area contributed by atoms with Gasteiger partial charge < -0.3 is 5.32 Å². The van der Waals surface area contributed by atoms with Crippen molar-refractivity contribution in [2.45, 2.75) is 47.2 Å². The van der Waals surface area contributed by atoms with Gasteiger partial charge in [0.05, 0.1) is 35.3 Å². The molecule has 0 aliphatic rings. The van der Waals surface area contributed by atoms with E-state index in [1.54, 1.807) is 0 Å². The van der Waals surface area contributed by atoms with E-state index in [4.69, 9.17) is 0 Å². The van der Waals surface area contributed by atoms with Crippen molar-refractivity contribution in [1.29, 1.82) is 0 Å². The molecule has 0 unspecified atom stereocenters. The first-order valence-corrected chi connectivity index (χ1v) is 10.9. The molecule has 0 aliphatic heterocycles. The SMILES string of the molecule is Cc1ccc(-c2cc(C(=O)NCc3ccc(C)nn3)cc3c2cnn3CCC(C)C)nc1. The summed E-state index contributed by atoms with van der Waals surface area (Å²) < 4.78 is 1.98. The van der Waals surface area contributed by atoms with Gasteiger partial charge in [-0.2, -0.15) is 15.3 Å². The highest BCUT2D eigenvalue weighted by molar-refractivity contribution is 6.03. The van der Waals surface area contributed by atoms with Crippen LogP contribution >= 0.6 is 0 Å². The van der Waals surface area contributed by atoms with Crippen molar-refractivity contribution in [3.05, 3.63) is 71.3 Å². The molecule has 0 bridgehead atoms. The highest BCUT2D eigenvalue weighted by atomic mass is 16.1. The van der Waals surface area contributed by atoms with E-state index in [1.807, 2.05) is 67.3 Å². The first kappa shape index (κ1) is 21.6. The zero-order valence-electron chi connectivity index (χ0n) is 19.0. The van der Waals surface area contributed by atoms with Crippen LogP contribution in [-0.4, -0.2) is 30.9 Å². The van der Waals surface area contributed by atoms with Gasteiger partial charge >= 0.3 is 0 Å². The number of hydrogen-bond acceptors (Lipinski definition) is 5. The third kappa shape index (κ3) is 4.82. The highest BCUT2D eigenvalue weighted by Gasteiger charge is 2.16. The molecule has 1 amide bonds. The van der Waals surface area contributed by atoms with Gasteiger partial charge in [-0.1, -0.05) is 19.9 Å². The van der Waals surface area contributed by atoms with Crippen LogP contribution < -0.4 is 5.32 Å². The van der Waals surface area contributed by atoms with E-state index < -0.39 is 0 Å². The van der Waals surface area contributed by atoms with Crippen molar-refractivity contribution in [1.82, 2.24) is 30.3 Å². The van der Waals surface area contributed by atoms with E-state index in [2.05, 4.69) is 39.4 Å². The lowest BCUT2D eigenvalue weighted by Gasteiger charge is -2.11. The van der Waals surface area contributed by atoms with Crippen LogP contribution in [0, 0.1) is 19.8 Å². The van der Waals surface area contributed by atoms with E-state index >= 15 is 0 Å². The Morgan fingerprint density at radius 1 is 1.06 bits per heavy atom. The van der Waals surface area contributed by atoms with Gasteiger partial charge in [-0.25, -0.2) is 0 Å². The molecule has 0 fully saturated rings. The lowest BCUT2D eigenvalue weighted by Crippen LogP contribution is -2.23. The molecule has 3 aromatic heterocycles.